The first-order valence-electron chi connectivity index (χ1n) is 4.91. The molecule has 0 aliphatic heterocycles. The summed E-state index contributed by atoms with van der Waals surface area (Å²) in [6.45, 7) is 6.36. The summed E-state index contributed by atoms with van der Waals surface area (Å²) in [5, 5.41) is 7.92. The van der Waals surface area contributed by atoms with E-state index in [2.05, 4.69) is 36.0 Å². The van der Waals surface area contributed by atoms with Crippen molar-refractivity contribution in [3.8, 4) is 0 Å². The predicted molar refractivity (Wildman–Crippen MR) is 54.2 cm³/mol. The number of hydrogen-bond acceptors (Lipinski definition) is 3. The van der Waals surface area contributed by atoms with Crippen LogP contribution in [0, 0.1) is 0 Å². The van der Waals surface area contributed by atoms with Crippen molar-refractivity contribution in [2.45, 2.75) is 33.1 Å². The van der Waals surface area contributed by atoms with Crippen molar-refractivity contribution in [2.75, 3.05) is 0 Å². The molecule has 0 aliphatic rings. The molecule has 2 rings (SSSR count). The Balaban J connectivity index is 2.67. The molecule has 0 N–H and O–H groups in total. The zero-order valence-corrected chi connectivity index (χ0v) is 8.73. The van der Waals surface area contributed by atoms with Crippen molar-refractivity contribution >= 4 is 5.65 Å². The van der Waals surface area contributed by atoms with Gasteiger partial charge in [0.2, 0.25) is 0 Å². The third-order valence-electron chi connectivity index (χ3n) is 2.29. The molecular weight excluding hydrogens is 176 g/mol. The first kappa shape index (κ1) is 9.12. The Kier molecular flexibility index (Phi) is 2.19. The largest absolute Gasteiger partial charge is 0.286 e. The minimum Gasteiger partial charge on any atom is -0.286 e. The average Bonchev–Trinajstić information content (AvgIpc) is 2.63. The van der Waals surface area contributed by atoms with Crippen LogP contribution in [0.1, 0.15) is 38.1 Å². The molecule has 0 atom stereocenters. The van der Waals surface area contributed by atoms with Crippen molar-refractivity contribution in [1.82, 2.24) is 19.6 Å². The Morgan fingerprint density at radius 3 is 2.86 bits per heavy atom. The minimum absolute atomic E-state index is 0.437. The second-order valence-electron chi connectivity index (χ2n) is 3.68. The van der Waals surface area contributed by atoms with E-state index in [1.54, 1.807) is 6.33 Å². The number of nitrogens with zero attached hydrogens (tertiary/aromatic N) is 4. The van der Waals surface area contributed by atoms with Crippen LogP contribution in [-0.2, 0) is 6.42 Å². The minimum atomic E-state index is 0.437. The van der Waals surface area contributed by atoms with E-state index >= 15 is 0 Å². The van der Waals surface area contributed by atoms with Gasteiger partial charge in [0.25, 0.3) is 0 Å². The van der Waals surface area contributed by atoms with Crippen LogP contribution in [0.3, 0.4) is 0 Å². The van der Waals surface area contributed by atoms with Crippen molar-refractivity contribution in [3.05, 3.63) is 23.9 Å². The van der Waals surface area contributed by atoms with Gasteiger partial charge in [-0.05, 0) is 12.3 Å². The highest BCUT2D eigenvalue weighted by Crippen LogP contribution is 2.14. The van der Waals surface area contributed by atoms with Gasteiger partial charge in [0.05, 0.1) is 11.4 Å². The van der Waals surface area contributed by atoms with Crippen LogP contribution >= 0.6 is 0 Å². The number of rotatable bonds is 2. The summed E-state index contributed by atoms with van der Waals surface area (Å²) >= 11 is 0. The zero-order valence-electron chi connectivity index (χ0n) is 8.73. The van der Waals surface area contributed by atoms with E-state index in [-0.39, 0.29) is 0 Å². The third kappa shape index (κ3) is 1.36. The second-order valence-corrected chi connectivity index (χ2v) is 3.68. The highest BCUT2D eigenvalue weighted by atomic mass is 15.2. The van der Waals surface area contributed by atoms with Gasteiger partial charge in [-0.25, -0.2) is 0 Å². The van der Waals surface area contributed by atoms with Gasteiger partial charge >= 0.3 is 0 Å². The lowest BCUT2D eigenvalue weighted by atomic mass is 10.1. The Morgan fingerprint density at radius 2 is 2.21 bits per heavy atom. The van der Waals surface area contributed by atoms with Crippen LogP contribution < -0.4 is 0 Å². The maximum Gasteiger partial charge on any atom is 0.182 e. The maximum absolute atomic E-state index is 4.57. The summed E-state index contributed by atoms with van der Waals surface area (Å²) in [7, 11) is 0. The van der Waals surface area contributed by atoms with E-state index in [4.69, 9.17) is 0 Å². The quantitative estimate of drug-likeness (QED) is 0.725. The van der Waals surface area contributed by atoms with Gasteiger partial charge in [-0.3, -0.25) is 9.38 Å². The highest BCUT2D eigenvalue weighted by molar-refractivity contribution is 5.42. The monoisotopic (exact) mass is 190 g/mol. The molecule has 0 spiro atoms. The topological polar surface area (TPSA) is 43.1 Å². The molecule has 4 nitrogen and oxygen atoms in total. The number of aromatic nitrogens is 4. The lowest BCUT2D eigenvalue weighted by Gasteiger charge is -2.07. The molecule has 4 heteroatoms. The molecule has 0 amide bonds. The second kappa shape index (κ2) is 3.36. The van der Waals surface area contributed by atoms with Gasteiger partial charge in [0, 0.05) is 6.20 Å². The van der Waals surface area contributed by atoms with Crippen molar-refractivity contribution in [1.29, 1.82) is 0 Å². The summed E-state index contributed by atoms with van der Waals surface area (Å²) in [4.78, 5) is 4.57. The van der Waals surface area contributed by atoms with Gasteiger partial charge in [-0.1, -0.05) is 20.8 Å². The number of aryl methyl sites for hydroxylation is 1. The molecule has 0 saturated heterocycles. The Hall–Kier alpha value is -1.45. The van der Waals surface area contributed by atoms with Gasteiger partial charge in [-0.15, -0.1) is 10.2 Å². The van der Waals surface area contributed by atoms with Crippen LogP contribution in [0.25, 0.3) is 5.65 Å². The fraction of sp³-hybridized carbons (Fsp3) is 0.500. The van der Waals surface area contributed by atoms with Crippen molar-refractivity contribution in [2.24, 2.45) is 0 Å². The molecule has 14 heavy (non-hydrogen) atoms. The summed E-state index contributed by atoms with van der Waals surface area (Å²) in [6.07, 6.45) is 4.62. The van der Waals surface area contributed by atoms with Crippen LogP contribution in [-0.4, -0.2) is 19.6 Å². The standard InChI is InChI=1S/C10H14N4/c1-4-8-10-13-11-6-14(10)5-9(12-8)7(2)3/h5-7H,4H2,1-3H3. The third-order valence-corrected chi connectivity index (χ3v) is 2.29. The molecular formula is C10H14N4. The first-order chi connectivity index (χ1) is 6.72. The average molecular weight is 190 g/mol. The molecule has 0 aromatic carbocycles. The SMILES string of the molecule is CCc1nc(C(C)C)cn2cnnc12. The summed E-state index contributed by atoms with van der Waals surface area (Å²) < 4.78 is 1.95. The number of fused-ring (bicyclic) bond motifs is 1. The molecule has 0 radical (unpaired) electrons. The zero-order chi connectivity index (χ0) is 10.1. The van der Waals surface area contributed by atoms with E-state index < -0.39 is 0 Å². The van der Waals surface area contributed by atoms with Crippen LogP contribution in [0.5, 0.6) is 0 Å². The Morgan fingerprint density at radius 1 is 1.43 bits per heavy atom. The Labute approximate surface area is 83.0 Å². The molecule has 74 valence electrons. The fourth-order valence-corrected chi connectivity index (χ4v) is 1.44. The predicted octanol–water partition coefficient (Wildman–Crippen LogP) is 1.81. The van der Waals surface area contributed by atoms with E-state index in [1.807, 2.05) is 10.6 Å². The lowest BCUT2D eigenvalue weighted by Crippen LogP contribution is -2.02. The molecule has 2 heterocycles. The highest BCUT2D eigenvalue weighted by Gasteiger charge is 2.08. The van der Waals surface area contributed by atoms with E-state index in [0.717, 1.165) is 23.5 Å². The molecule has 0 unspecified atom stereocenters. The Bertz CT molecular complexity index is 444. The molecule has 0 bridgehead atoms. The summed E-state index contributed by atoms with van der Waals surface area (Å²) in [5.41, 5.74) is 2.99. The summed E-state index contributed by atoms with van der Waals surface area (Å²) in [5.74, 6) is 0.437. The van der Waals surface area contributed by atoms with Crippen molar-refractivity contribution in [3.63, 3.8) is 0 Å². The molecule has 0 saturated carbocycles. The normalized spacial score (nSPS) is 11.4. The van der Waals surface area contributed by atoms with Gasteiger partial charge in [0.15, 0.2) is 5.65 Å². The van der Waals surface area contributed by atoms with E-state index in [0.29, 0.717) is 5.92 Å². The lowest BCUT2D eigenvalue weighted by molar-refractivity contribution is 0.790. The summed E-state index contributed by atoms with van der Waals surface area (Å²) in [6, 6.07) is 0. The van der Waals surface area contributed by atoms with Crippen molar-refractivity contribution < 1.29 is 0 Å². The van der Waals surface area contributed by atoms with Gasteiger partial charge in [0.1, 0.15) is 6.33 Å². The van der Waals surface area contributed by atoms with E-state index in [9.17, 15) is 0 Å². The van der Waals surface area contributed by atoms with Crippen LogP contribution in [0.2, 0.25) is 0 Å². The molecule has 0 fully saturated rings. The van der Waals surface area contributed by atoms with Gasteiger partial charge < -0.3 is 0 Å². The molecule has 2 aromatic rings. The van der Waals surface area contributed by atoms with Crippen LogP contribution in [0.15, 0.2) is 12.5 Å². The first-order valence-corrected chi connectivity index (χ1v) is 4.91. The van der Waals surface area contributed by atoms with Crippen LogP contribution in [0.4, 0.5) is 0 Å². The smallest absolute Gasteiger partial charge is 0.182 e. The van der Waals surface area contributed by atoms with E-state index in [1.165, 1.54) is 0 Å². The molecule has 0 aliphatic carbocycles. The molecule has 2 aromatic heterocycles. The number of hydrogen-bond donors (Lipinski definition) is 0. The maximum atomic E-state index is 4.57. The fourth-order valence-electron chi connectivity index (χ4n) is 1.44. The van der Waals surface area contributed by atoms with Gasteiger partial charge in [-0.2, -0.15) is 0 Å².